The first-order chi connectivity index (χ1) is 13.8. The van der Waals surface area contributed by atoms with Crippen LogP contribution in [-0.2, 0) is 6.54 Å². The lowest BCUT2D eigenvalue weighted by Crippen LogP contribution is -2.38. The van der Waals surface area contributed by atoms with E-state index in [1.165, 1.54) is 0 Å². The fourth-order valence-electron chi connectivity index (χ4n) is 2.60. The molecule has 0 unspecified atom stereocenters. The molecule has 0 fully saturated rings. The van der Waals surface area contributed by atoms with E-state index in [0.717, 1.165) is 28.7 Å². The van der Waals surface area contributed by atoms with Crippen LogP contribution in [-0.4, -0.2) is 43.0 Å². The Morgan fingerprint density at radius 1 is 1.03 bits per heavy atom. The number of benzene rings is 2. The smallest absolute Gasteiger partial charge is 0.191 e. The summed E-state index contributed by atoms with van der Waals surface area (Å²) in [5.74, 6) is 2.35. The second kappa shape index (κ2) is 11.9. The van der Waals surface area contributed by atoms with Crippen LogP contribution in [0.3, 0.4) is 0 Å². The molecule has 29 heavy (non-hydrogen) atoms. The zero-order chi connectivity index (χ0) is 19.6. The summed E-state index contributed by atoms with van der Waals surface area (Å²) in [7, 11) is 3.40. The first-order valence-corrected chi connectivity index (χ1v) is 9.09. The number of hydrogen-bond acceptors (Lipinski definition) is 4. The Balaban J connectivity index is 0.00000300. The van der Waals surface area contributed by atoms with Crippen LogP contribution >= 0.6 is 24.0 Å². The standard InChI is InChI=1S/C21H25N5O2.HI/c1-22-21(23-13-15-28-20-10-8-19(27-2)9-11-20)24-16-17-4-6-18(7-5-17)26-14-3-12-25-26;/h3-12,14H,13,15-16H2,1-2H3,(H2,22,23,24);1H. The van der Waals surface area contributed by atoms with E-state index < -0.39 is 0 Å². The Morgan fingerprint density at radius 3 is 2.38 bits per heavy atom. The highest BCUT2D eigenvalue weighted by atomic mass is 127. The lowest BCUT2D eigenvalue weighted by molar-refractivity contribution is 0.321. The molecule has 0 atom stereocenters. The SMILES string of the molecule is CN=C(NCCOc1ccc(OC)cc1)NCc1ccc(-n2cccn2)cc1.I. The van der Waals surface area contributed by atoms with E-state index in [0.29, 0.717) is 19.7 Å². The predicted molar refractivity (Wildman–Crippen MR) is 126 cm³/mol. The molecule has 0 spiro atoms. The highest BCUT2D eigenvalue weighted by Gasteiger charge is 2.01. The minimum Gasteiger partial charge on any atom is -0.497 e. The van der Waals surface area contributed by atoms with Gasteiger partial charge >= 0.3 is 0 Å². The molecule has 154 valence electrons. The minimum atomic E-state index is 0. The second-order valence-electron chi connectivity index (χ2n) is 5.99. The zero-order valence-corrected chi connectivity index (χ0v) is 18.9. The summed E-state index contributed by atoms with van der Waals surface area (Å²) in [5.41, 5.74) is 2.19. The van der Waals surface area contributed by atoms with Crippen LogP contribution < -0.4 is 20.1 Å². The topological polar surface area (TPSA) is 72.7 Å². The van der Waals surface area contributed by atoms with E-state index >= 15 is 0 Å². The minimum absolute atomic E-state index is 0. The zero-order valence-electron chi connectivity index (χ0n) is 16.5. The van der Waals surface area contributed by atoms with Crippen molar-refractivity contribution in [3.8, 4) is 17.2 Å². The number of nitrogens with one attached hydrogen (secondary N) is 2. The van der Waals surface area contributed by atoms with Crippen molar-refractivity contribution in [3.05, 3.63) is 72.6 Å². The maximum atomic E-state index is 5.70. The number of aromatic nitrogens is 2. The number of ether oxygens (including phenoxy) is 2. The fraction of sp³-hybridized carbons (Fsp3) is 0.238. The van der Waals surface area contributed by atoms with Crippen LogP contribution in [0.2, 0.25) is 0 Å². The molecule has 0 saturated heterocycles. The highest BCUT2D eigenvalue weighted by Crippen LogP contribution is 2.16. The summed E-state index contributed by atoms with van der Waals surface area (Å²) in [5, 5.41) is 10.8. The van der Waals surface area contributed by atoms with E-state index in [-0.39, 0.29) is 24.0 Å². The average molecular weight is 507 g/mol. The van der Waals surface area contributed by atoms with Gasteiger partial charge in [-0.2, -0.15) is 5.10 Å². The Bertz CT molecular complexity index is 865. The monoisotopic (exact) mass is 507 g/mol. The molecule has 8 heteroatoms. The molecule has 0 aliphatic rings. The van der Waals surface area contributed by atoms with Gasteiger partial charge < -0.3 is 20.1 Å². The van der Waals surface area contributed by atoms with E-state index in [2.05, 4.69) is 32.9 Å². The summed E-state index contributed by atoms with van der Waals surface area (Å²) < 4.78 is 12.7. The number of aliphatic imine (C=N–C) groups is 1. The van der Waals surface area contributed by atoms with Crippen molar-refractivity contribution in [3.63, 3.8) is 0 Å². The molecule has 0 aliphatic carbocycles. The quantitative estimate of drug-likeness (QED) is 0.212. The van der Waals surface area contributed by atoms with Crippen molar-refractivity contribution in [1.29, 1.82) is 0 Å². The van der Waals surface area contributed by atoms with Crippen LogP contribution in [0, 0.1) is 0 Å². The second-order valence-corrected chi connectivity index (χ2v) is 5.99. The van der Waals surface area contributed by atoms with Gasteiger partial charge in [0.15, 0.2) is 5.96 Å². The Hall–Kier alpha value is -2.75. The Kier molecular flexibility index (Phi) is 9.29. The van der Waals surface area contributed by atoms with Crippen molar-refractivity contribution in [2.75, 3.05) is 27.3 Å². The number of methoxy groups -OCH3 is 1. The van der Waals surface area contributed by atoms with Gasteiger partial charge in [-0.05, 0) is 48.0 Å². The lowest BCUT2D eigenvalue weighted by atomic mass is 10.2. The van der Waals surface area contributed by atoms with Gasteiger partial charge in [0, 0.05) is 26.0 Å². The lowest BCUT2D eigenvalue weighted by Gasteiger charge is -2.13. The summed E-state index contributed by atoms with van der Waals surface area (Å²) in [6.45, 7) is 1.86. The first kappa shape index (κ1) is 22.5. The molecular formula is C21H26IN5O2. The maximum absolute atomic E-state index is 5.70. The van der Waals surface area contributed by atoms with E-state index in [4.69, 9.17) is 9.47 Å². The van der Waals surface area contributed by atoms with Crippen LogP contribution in [0.4, 0.5) is 0 Å². The molecule has 1 aromatic heterocycles. The van der Waals surface area contributed by atoms with Gasteiger partial charge in [-0.1, -0.05) is 12.1 Å². The van der Waals surface area contributed by atoms with E-state index in [1.807, 2.05) is 53.3 Å². The summed E-state index contributed by atoms with van der Waals surface area (Å²) >= 11 is 0. The van der Waals surface area contributed by atoms with Gasteiger partial charge in [0.2, 0.25) is 0 Å². The van der Waals surface area contributed by atoms with E-state index in [1.54, 1.807) is 20.4 Å². The third kappa shape index (κ3) is 6.97. The van der Waals surface area contributed by atoms with Crippen molar-refractivity contribution < 1.29 is 9.47 Å². The molecule has 2 N–H and O–H groups in total. The molecule has 0 saturated carbocycles. The molecule has 3 aromatic rings. The van der Waals surface area contributed by atoms with Gasteiger partial charge in [0.25, 0.3) is 0 Å². The summed E-state index contributed by atoms with van der Waals surface area (Å²) in [4.78, 5) is 4.24. The maximum Gasteiger partial charge on any atom is 0.191 e. The van der Waals surface area contributed by atoms with Gasteiger partial charge in [-0.3, -0.25) is 4.99 Å². The number of nitrogens with zero attached hydrogens (tertiary/aromatic N) is 3. The first-order valence-electron chi connectivity index (χ1n) is 9.09. The van der Waals surface area contributed by atoms with Gasteiger partial charge in [0.05, 0.1) is 19.3 Å². The number of guanidine groups is 1. The van der Waals surface area contributed by atoms with Crippen molar-refractivity contribution in [2.24, 2.45) is 4.99 Å². The van der Waals surface area contributed by atoms with Crippen LogP contribution in [0.25, 0.3) is 5.69 Å². The normalized spacial score (nSPS) is 10.8. The molecule has 0 aliphatic heterocycles. The van der Waals surface area contributed by atoms with Crippen molar-refractivity contribution >= 4 is 29.9 Å². The molecule has 7 nitrogen and oxygen atoms in total. The molecule has 0 amide bonds. The molecule has 0 bridgehead atoms. The van der Waals surface area contributed by atoms with Crippen molar-refractivity contribution in [2.45, 2.75) is 6.54 Å². The molecule has 0 radical (unpaired) electrons. The van der Waals surface area contributed by atoms with Gasteiger partial charge in [-0.15, -0.1) is 24.0 Å². The number of halogens is 1. The highest BCUT2D eigenvalue weighted by molar-refractivity contribution is 14.0. The number of rotatable bonds is 8. The number of hydrogen-bond donors (Lipinski definition) is 2. The average Bonchev–Trinajstić information content (AvgIpc) is 3.29. The molecule has 2 aromatic carbocycles. The van der Waals surface area contributed by atoms with E-state index in [9.17, 15) is 0 Å². The summed E-state index contributed by atoms with van der Waals surface area (Å²) in [6.07, 6.45) is 3.69. The van der Waals surface area contributed by atoms with Crippen LogP contribution in [0.5, 0.6) is 11.5 Å². The third-order valence-electron chi connectivity index (χ3n) is 4.11. The Labute approximate surface area is 188 Å². The van der Waals surface area contributed by atoms with Crippen molar-refractivity contribution in [1.82, 2.24) is 20.4 Å². The Morgan fingerprint density at radius 2 is 1.76 bits per heavy atom. The fourth-order valence-corrected chi connectivity index (χ4v) is 2.60. The predicted octanol–water partition coefficient (Wildman–Crippen LogP) is 3.24. The third-order valence-corrected chi connectivity index (χ3v) is 4.11. The van der Waals surface area contributed by atoms with Gasteiger partial charge in [-0.25, -0.2) is 4.68 Å². The van der Waals surface area contributed by atoms with Gasteiger partial charge in [0.1, 0.15) is 18.1 Å². The molecule has 3 rings (SSSR count). The van der Waals surface area contributed by atoms with Crippen LogP contribution in [0.15, 0.2) is 72.0 Å². The molecular weight excluding hydrogens is 481 g/mol. The largest absolute Gasteiger partial charge is 0.497 e. The summed E-state index contributed by atoms with van der Waals surface area (Å²) in [6, 6.07) is 17.7. The molecule has 1 heterocycles. The van der Waals surface area contributed by atoms with Crippen LogP contribution in [0.1, 0.15) is 5.56 Å².